The lowest BCUT2D eigenvalue weighted by Crippen LogP contribution is -2.50. The second-order valence-corrected chi connectivity index (χ2v) is 9.45. The zero-order valence-electron chi connectivity index (χ0n) is 19.3. The van der Waals surface area contributed by atoms with Gasteiger partial charge in [-0.25, -0.2) is 0 Å². The zero-order valence-corrected chi connectivity index (χ0v) is 20.8. The lowest BCUT2D eigenvalue weighted by Gasteiger charge is -2.37. The van der Waals surface area contributed by atoms with E-state index in [0.717, 1.165) is 18.8 Å². The van der Waals surface area contributed by atoms with Crippen LogP contribution in [0.15, 0.2) is 36.4 Å². The van der Waals surface area contributed by atoms with Gasteiger partial charge in [0.2, 0.25) is 0 Å². The second kappa shape index (κ2) is 10.7. The van der Waals surface area contributed by atoms with Crippen LogP contribution in [0, 0.1) is 15.5 Å². The van der Waals surface area contributed by atoms with E-state index >= 15 is 0 Å². The predicted octanol–water partition coefficient (Wildman–Crippen LogP) is 3.46. The summed E-state index contributed by atoms with van der Waals surface area (Å²) in [6, 6.07) is 9.65. The minimum Gasteiger partial charge on any atom is -0.368 e. The summed E-state index contributed by atoms with van der Waals surface area (Å²) in [5.74, 6) is 0.0567. The first-order chi connectivity index (χ1) is 16.7. The molecule has 0 aromatic heterocycles. The minimum absolute atomic E-state index is 0.0587. The first kappa shape index (κ1) is 25.0. The van der Waals surface area contributed by atoms with Crippen LogP contribution in [-0.4, -0.2) is 90.9 Å². The maximum absolute atomic E-state index is 12.9. The molecule has 2 fully saturated rings. The molecule has 2 aliphatic heterocycles. The average molecular weight is 520 g/mol. The summed E-state index contributed by atoms with van der Waals surface area (Å²) in [6.07, 6.45) is 0. The van der Waals surface area contributed by atoms with Crippen molar-refractivity contribution in [2.24, 2.45) is 0 Å². The van der Waals surface area contributed by atoms with Crippen molar-refractivity contribution >= 4 is 52.1 Å². The van der Waals surface area contributed by atoms with Gasteiger partial charge >= 0.3 is 0 Å². The molecule has 2 aromatic carbocycles. The number of hydrogen-bond donors (Lipinski definition) is 2. The van der Waals surface area contributed by atoms with Crippen molar-refractivity contribution in [3.8, 4) is 0 Å². The molecule has 0 unspecified atom stereocenters. The van der Waals surface area contributed by atoms with Gasteiger partial charge in [-0.2, -0.15) is 0 Å². The Bertz CT molecular complexity index is 1090. The van der Waals surface area contributed by atoms with Crippen molar-refractivity contribution < 1.29 is 9.72 Å². The maximum atomic E-state index is 12.9. The molecule has 12 heteroatoms. The van der Waals surface area contributed by atoms with Gasteiger partial charge in [-0.15, -0.1) is 0 Å². The number of nitro benzene ring substituents is 1. The van der Waals surface area contributed by atoms with Gasteiger partial charge in [0, 0.05) is 75.7 Å². The van der Waals surface area contributed by atoms with Crippen molar-refractivity contribution in [1.82, 2.24) is 14.7 Å². The number of rotatable bonds is 4. The third-order valence-electron chi connectivity index (χ3n) is 6.34. The van der Waals surface area contributed by atoms with Gasteiger partial charge in [0.05, 0.1) is 20.7 Å². The van der Waals surface area contributed by atoms with Crippen molar-refractivity contribution in [2.45, 2.75) is 0 Å². The number of hydrogen-bond acceptors (Lipinski definition) is 6. The fraction of sp³-hybridized carbons (Fsp3) is 0.391. The summed E-state index contributed by atoms with van der Waals surface area (Å²) in [5.41, 5.74) is 1.79. The second-order valence-electron chi connectivity index (χ2n) is 8.63. The Labute approximate surface area is 213 Å². The highest BCUT2D eigenvalue weighted by molar-refractivity contribution is 6.40. The molecule has 186 valence electrons. The number of benzene rings is 2. The fourth-order valence-electron chi connectivity index (χ4n) is 4.18. The minimum atomic E-state index is -0.417. The molecule has 2 heterocycles. The predicted molar refractivity (Wildman–Crippen MR) is 138 cm³/mol. The standard InChI is InChI=1S/C23H27Cl2N7O3/c1-28-6-8-30(9-7-28)22(33)16-14-19(24)21(20(25)15-16)27-23(26)31-12-10-29(11-13-31)17-2-4-18(5-3-17)32(34)35/h2-5,14-15H,6-13H2,1H3,(H2,26,27). The molecule has 2 N–H and O–H groups in total. The number of amides is 1. The van der Waals surface area contributed by atoms with Crippen LogP contribution >= 0.6 is 23.2 Å². The van der Waals surface area contributed by atoms with E-state index in [1.807, 2.05) is 11.9 Å². The first-order valence-corrected chi connectivity index (χ1v) is 12.1. The Morgan fingerprint density at radius 3 is 2.03 bits per heavy atom. The molecule has 2 saturated heterocycles. The number of piperazine rings is 2. The summed E-state index contributed by atoms with van der Waals surface area (Å²) >= 11 is 12.9. The van der Waals surface area contributed by atoms with Gasteiger partial charge in [0.15, 0.2) is 5.96 Å². The SMILES string of the molecule is CN1CCN(C(=O)c2cc(Cl)c(NC(=N)N3CCN(c4ccc([N+](=O)[O-])cc4)CC3)c(Cl)c2)CC1. The van der Waals surface area contributed by atoms with E-state index in [1.165, 1.54) is 12.1 Å². The van der Waals surface area contributed by atoms with E-state index < -0.39 is 4.92 Å². The van der Waals surface area contributed by atoms with Crippen LogP contribution in [0.25, 0.3) is 0 Å². The smallest absolute Gasteiger partial charge is 0.269 e. The van der Waals surface area contributed by atoms with Gasteiger partial charge in [-0.05, 0) is 31.3 Å². The Kier molecular flexibility index (Phi) is 7.63. The van der Waals surface area contributed by atoms with E-state index in [1.54, 1.807) is 29.2 Å². The average Bonchev–Trinajstić information content (AvgIpc) is 2.86. The Morgan fingerprint density at radius 2 is 1.49 bits per heavy atom. The lowest BCUT2D eigenvalue weighted by atomic mass is 10.1. The van der Waals surface area contributed by atoms with Gasteiger partial charge in [0.25, 0.3) is 11.6 Å². The lowest BCUT2D eigenvalue weighted by molar-refractivity contribution is -0.384. The van der Waals surface area contributed by atoms with Crippen LogP contribution in [0.4, 0.5) is 17.1 Å². The molecular formula is C23H27Cl2N7O3. The highest BCUT2D eigenvalue weighted by atomic mass is 35.5. The van der Waals surface area contributed by atoms with E-state index in [0.29, 0.717) is 50.5 Å². The summed E-state index contributed by atoms with van der Waals surface area (Å²) in [5, 5.41) is 22.9. The van der Waals surface area contributed by atoms with Gasteiger partial charge in [-0.3, -0.25) is 20.3 Å². The van der Waals surface area contributed by atoms with Crippen molar-refractivity contribution in [3.63, 3.8) is 0 Å². The number of carbonyl (C=O) groups excluding carboxylic acids is 1. The van der Waals surface area contributed by atoms with Gasteiger partial charge in [0.1, 0.15) is 0 Å². The number of anilines is 2. The number of nitro groups is 1. The zero-order chi connectivity index (χ0) is 25.1. The summed E-state index contributed by atoms with van der Waals surface area (Å²) in [4.78, 5) is 31.3. The molecule has 1 amide bonds. The monoisotopic (exact) mass is 519 g/mol. The summed E-state index contributed by atoms with van der Waals surface area (Å²) in [7, 11) is 2.03. The molecule has 2 aromatic rings. The molecule has 10 nitrogen and oxygen atoms in total. The summed E-state index contributed by atoms with van der Waals surface area (Å²) < 4.78 is 0. The highest BCUT2D eigenvalue weighted by Crippen LogP contribution is 2.33. The molecule has 0 radical (unpaired) electrons. The Morgan fingerprint density at radius 1 is 0.943 bits per heavy atom. The van der Waals surface area contributed by atoms with E-state index in [-0.39, 0.29) is 27.6 Å². The molecule has 0 aliphatic carbocycles. The Hall–Kier alpha value is -3.08. The molecule has 0 saturated carbocycles. The number of non-ortho nitro benzene ring substituents is 1. The van der Waals surface area contributed by atoms with Crippen LogP contribution in [0.1, 0.15) is 10.4 Å². The van der Waals surface area contributed by atoms with Crippen LogP contribution in [0.3, 0.4) is 0 Å². The van der Waals surface area contributed by atoms with Crippen LogP contribution in [-0.2, 0) is 0 Å². The maximum Gasteiger partial charge on any atom is 0.269 e. The Balaban J connectivity index is 1.36. The normalized spacial score (nSPS) is 16.8. The third kappa shape index (κ3) is 5.77. The largest absolute Gasteiger partial charge is 0.368 e. The molecule has 0 bridgehead atoms. The van der Waals surface area contributed by atoms with Gasteiger partial charge < -0.3 is 24.9 Å². The molecule has 4 rings (SSSR count). The van der Waals surface area contributed by atoms with Crippen LogP contribution < -0.4 is 10.2 Å². The van der Waals surface area contributed by atoms with Crippen molar-refractivity contribution in [3.05, 3.63) is 62.1 Å². The molecule has 35 heavy (non-hydrogen) atoms. The number of guanidine groups is 1. The number of carbonyl (C=O) groups is 1. The molecule has 2 aliphatic rings. The topological polar surface area (TPSA) is 109 Å². The first-order valence-electron chi connectivity index (χ1n) is 11.3. The molecular weight excluding hydrogens is 493 g/mol. The fourth-order valence-corrected chi connectivity index (χ4v) is 4.76. The highest BCUT2D eigenvalue weighted by Gasteiger charge is 2.24. The number of nitrogens with zero attached hydrogens (tertiary/aromatic N) is 5. The number of halogens is 2. The number of nitrogens with one attached hydrogen (secondary N) is 2. The quantitative estimate of drug-likeness (QED) is 0.275. The van der Waals surface area contributed by atoms with Crippen molar-refractivity contribution in [1.29, 1.82) is 5.41 Å². The molecule has 0 spiro atoms. The number of likely N-dealkylation sites (N-methyl/N-ethyl adjacent to an activating group) is 1. The van der Waals surface area contributed by atoms with E-state index in [9.17, 15) is 14.9 Å². The van der Waals surface area contributed by atoms with E-state index in [2.05, 4.69) is 15.1 Å². The van der Waals surface area contributed by atoms with Crippen LogP contribution in [0.5, 0.6) is 0 Å². The summed E-state index contributed by atoms with van der Waals surface area (Å²) in [6.45, 7) is 5.42. The third-order valence-corrected chi connectivity index (χ3v) is 6.94. The van der Waals surface area contributed by atoms with Crippen molar-refractivity contribution in [2.75, 3.05) is 69.6 Å². The van der Waals surface area contributed by atoms with Crippen LogP contribution in [0.2, 0.25) is 10.0 Å². The molecule has 0 atom stereocenters. The van der Waals surface area contributed by atoms with Gasteiger partial charge in [-0.1, -0.05) is 23.2 Å². The van der Waals surface area contributed by atoms with E-state index in [4.69, 9.17) is 28.6 Å².